The molecule has 5 rings (SSSR count). The second kappa shape index (κ2) is 9.85. The average Bonchev–Trinajstić information content (AvgIpc) is 3.20. The SMILES string of the molecule is COc1ccc(CN2Cc3nc(-c4c(F)cccc4F)cc(Nc4ccc(F)cc4)c3C2=O)c(OC)c1. The van der Waals surface area contributed by atoms with E-state index in [0.29, 0.717) is 28.6 Å². The van der Waals surface area contributed by atoms with Crippen molar-refractivity contribution in [2.24, 2.45) is 0 Å². The predicted molar refractivity (Wildman–Crippen MR) is 132 cm³/mol. The summed E-state index contributed by atoms with van der Waals surface area (Å²) in [5, 5.41) is 3.09. The summed E-state index contributed by atoms with van der Waals surface area (Å²) in [6, 6.07) is 15.8. The lowest BCUT2D eigenvalue weighted by Gasteiger charge is -2.18. The van der Waals surface area contributed by atoms with Crippen LogP contribution >= 0.6 is 0 Å². The summed E-state index contributed by atoms with van der Waals surface area (Å²) < 4.78 is 53.4. The Morgan fingerprint density at radius 1 is 0.919 bits per heavy atom. The van der Waals surface area contributed by atoms with Crippen LogP contribution in [0.1, 0.15) is 21.6 Å². The number of nitrogens with one attached hydrogen (secondary N) is 1. The quantitative estimate of drug-likeness (QED) is 0.330. The Kier molecular flexibility index (Phi) is 6.43. The minimum absolute atomic E-state index is 0.0376. The lowest BCUT2D eigenvalue weighted by molar-refractivity contribution is 0.0766. The molecule has 0 bridgehead atoms. The van der Waals surface area contributed by atoms with E-state index in [1.807, 2.05) is 0 Å². The average molecular weight is 505 g/mol. The van der Waals surface area contributed by atoms with Gasteiger partial charge in [0.2, 0.25) is 0 Å². The van der Waals surface area contributed by atoms with Crippen molar-refractivity contribution in [1.82, 2.24) is 9.88 Å². The van der Waals surface area contributed by atoms with Crippen LogP contribution in [0.4, 0.5) is 24.5 Å². The zero-order chi connectivity index (χ0) is 26.1. The zero-order valence-corrected chi connectivity index (χ0v) is 20.0. The molecule has 3 aromatic carbocycles. The third-order valence-electron chi connectivity index (χ3n) is 6.13. The molecular formula is C28H22F3N3O3. The number of ether oxygens (including phenoxy) is 2. The lowest BCUT2D eigenvalue weighted by Crippen LogP contribution is -2.23. The molecule has 0 spiro atoms. The van der Waals surface area contributed by atoms with E-state index in [-0.39, 0.29) is 35.8 Å². The van der Waals surface area contributed by atoms with Gasteiger partial charge in [-0.3, -0.25) is 4.79 Å². The largest absolute Gasteiger partial charge is 0.497 e. The summed E-state index contributed by atoms with van der Waals surface area (Å²) in [6.07, 6.45) is 0. The standard InChI is InChI=1S/C28H22F3N3O3/c1-36-19-11-6-16(25(12-19)37-2)14-34-15-24-27(28(34)35)23(32-18-9-7-17(29)8-10-18)13-22(33-24)26-20(30)4-3-5-21(26)31/h3-13H,14-15H2,1-2H3,(H,32,33). The van der Waals surface area contributed by atoms with Crippen molar-refractivity contribution in [3.63, 3.8) is 0 Å². The number of anilines is 2. The van der Waals surface area contributed by atoms with Gasteiger partial charge >= 0.3 is 0 Å². The first-order chi connectivity index (χ1) is 17.9. The molecule has 0 saturated carbocycles. The molecule has 1 amide bonds. The molecule has 1 aliphatic rings. The van der Waals surface area contributed by atoms with Crippen molar-refractivity contribution < 1.29 is 27.4 Å². The molecule has 0 saturated heterocycles. The molecule has 0 aliphatic carbocycles. The Hall–Kier alpha value is -4.53. The van der Waals surface area contributed by atoms with Gasteiger partial charge in [-0.25, -0.2) is 18.2 Å². The van der Waals surface area contributed by atoms with E-state index in [1.165, 1.54) is 43.5 Å². The van der Waals surface area contributed by atoms with E-state index in [1.54, 1.807) is 30.2 Å². The second-order valence-corrected chi connectivity index (χ2v) is 8.44. The van der Waals surface area contributed by atoms with E-state index < -0.39 is 17.5 Å². The van der Waals surface area contributed by atoms with E-state index in [0.717, 1.165) is 17.7 Å². The molecule has 0 fully saturated rings. The van der Waals surface area contributed by atoms with Crippen LogP contribution in [0.5, 0.6) is 11.5 Å². The Morgan fingerprint density at radius 2 is 1.65 bits per heavy atom. The first-order valence-electron chi connectivity index (χ1n) is 11.4. The molecule has 9 heteroatoms. The highest BCUT2D eigenvalue weighted by Gasteiger charge is 2.33. The number of hydrogen-bond acceptors (Lipinski definition) is 5. The molecule has 0 radical (unpaired) electrons. The van der Waals surface area contributed by atoms with Crippen LogP contribution < -0.4 is 14.8 Å². The van der Waals surface area contributed by atoms with E-state index in [9.17, 15) is 18.0 Å². The molecule has 188 valence electrons. The molecule has 37 heavy (non-hydrogen) atoms. The van der Waals surface area contributed by atoms with Gasteiger partial charge in [-0.15, -0.1) is 0 Å². The van der Waals surface area contributed by atoms with Crippen LogP contribution in [0.3, 0.4) is 0 Å². The molecule has 0 unspecified atom stereocenters. The smallest absolute Gasteiger partial charge is 0.258 e. The molecule has 1 N–H and O–H groups in total. The fraction of sp³-hybridized carbons (Fsp3) is 0.143. The number of rotatable bonds is 7. The zero-order valence-electron chi connectivity index (χ0n) is 20.0. The first-order valence-corrected chi connectivity index (χ1v) is 11.4. The van der Waals surface area contributed by atoms with Crippen LogP contribution in [-0.2, 0) is 13.1 Å². The van der Waals surface area contributed by atoms with Crippen LogP contribution in [0.25, 0.3) is 11.3 Å². The number of methoxy groups -OCH3 is 2. The van der Waals surface area contributed by atoms with Gasteiger partial charge in [-0.1, -0.05) is 6.07 Å². The van der Waals surface area contributed by atoms with Gasteiger partial charge in [0.05, 0.1) is 55.5 Å². The highest BCUT2D eigenvalue weighted by Crippen LogP contribution is 2.37. The van der Waals surface area contributed by atoms with Gasteiger partial charge in [0, 0.05) is 17.3 Å². The van der Waals surface area contributed by atoms with E-state index in [4.69, 9.17) is 9.47 Å². The minimum Gasteiger partial charge on any atom is -0.497 e. The fourth-order valence-corrected chi connectivity index (χ4v) is 4.34. The number of aromatic nitrogens is 1. The third-order valence-corrected chi connectivity index (χ3v) is 6.13. The number of benzene rings is 3. The number of carbonyl (C=O) groups is 1. The summed E-state index contributed by atoms with van der Waals surface area (Å²) in [6.45, 7) is 0.326. The van der Waals surface area contributed by atoms with Crippen molar-refractivity contribution in [2.75, 3.05) is 19.5 Å². The van der Waals surface area contributed by atoms with E-state index >= 15 is 0 Å². The topological polar surface area (TPSA) is 63.7 Å². The van der Waals surface area contributed by atoms with Gasteiger partial charge in [0.15, 0.2) is 0 Å². The van der Waals surface area contributed by atoms with Gasteiger partial charge < -0.3 is 19.7 Å². The van der Waals surface area contributed by atoms with Crippen molar-refractivity contribution in [1.29, 1.82) is 0 Å². The number of pyridine rings is 1. The van der Waals surface area contributed by atoms with E-state index in [2.05, 4.69) is 10.3 Å². The number of amides is 1. The molecular weight excluding hydrogens is 483 g/mol. The molecule has 2 heterocycles. The normalized spacial score (nSPS) is 12.5. The maximum absolute atomic E-state index is 14.6. The molecule has 6 nitrogen and oxygen atoms in total. The number of hydrogen-bond donors (Lipinski definition) is 1. The highest BCUT2D eigenvalue weighted by atomic mass is 19.1. The summed E-state index contributed by atoms with van der Waals surface area (Å²) in [4.78, 5) is 19.6. The number of fused-ring (bicyclic) bond motifs is 1. The predicted octanol–water partition coefficient (Wildman–Crippen LogP) is 6.08. The fourth-order valence-electron chi connectivity index (χ4n) is 4.34. The second-order valence-electron chi connectivity index (χ2n) is 8.44. The summed E-state index contributed by atoms with van der Waals surface area (Å²) >= 11 is 0. The Morgan fingerprint density at radius 3 is 2.32 bits per heavy atom. The van der Waals surface area contributed by atoms with Crippen molar-refractivity contribution in [3.8, 4) is 22.8 Å². The Bertz CT molecular complexity index is 1470. The van der Waals surface area contributed by atoms with Gasteiger partial charge in [-0.05, 0) is 54.6 Å². The Labute approximate surface area is 211 Å². The van der Waals surface area contributed by atoms with Crippen LogP contribution in [-0.4, -0.2) is 30.0 Å². The van der Waals surface area contributed by atoms with Crippen LogP contribution in [0, 0.1) is 17.5 Å². The molecule has 0 atom stereocenters. The number of halogens is 3. The highest BCUT2D eigenvalue weighted by molar-refractivity contribution is 6.04. The van der Waals surface area contributed by atoms with Crippen LogP contribution in [0.2, 0.25) is 0 Å². The van der Waals surface area contributed by atoms with Crippen molar-refractivity contribution in [3.05, 3.63) is 101 Å². The van der Waals surface area contributed by atoms with Crippen molar-refractivity contribution >= 4 is 17.3 Å². The number of carbonyl (C=O) groups excluding carboxylic acids is 1. The van der Waals surface area contributed by atoms with Gasteiger partial charge in [0.25, 0.3) is 5.91 Å². The number of nitrogens with zero attached hydrogens (tertiary/aromatic N) is 2. The Balaban J connectivity index is 1.56. The maximum Gasteiger partial charge on any atom is 0.258 e. The molecule has 4 aromatic rings. The monoisotopic (exact) mass is 505 g/mol. The maximum atomic E-state index is 14.6. The van der Waals surface area contributed by atoms with Gasteiger partial charge in [0.1, 0.15) is 29.0 Å². The first kappa shape index (κ1) is 24.2. The minimum atomic E-state index is -0.774. The third kappa shape index (κ3) is 4.67. The molecule has 1 aromatic heterocycles. The molecule has 1 aliphatic heterocycles. The van der Waals surface area contributed by atoms with Gasteiger partial charge in [-0.2, -0.15) is 0 Å². The van der Waals surface area contributed by atoms with Crippen LogP contribution in [0.15, 0.2) is 66.7 Å². The lowest BCUT2D eigenvalue weighted by atomic mass is 10.1. The summed E-state index contributed by atoms with van der Waals surface area (Å²) in [5.74, 6) is -1.12. The summed E-state index contributed by atoms with van der Waals surface area (Å²) in [5.41, 5.74) is 1.93. The van der Waals surface area contributed by atoms with Crippen molar-refractivity contribution in [2.45, 2.75) is 13.1 Å². The summed E-state index contributed by atoms with van der Waals surface area (Å²) in [7, 11) is 3.08.